The molecule has 1 aliphatic carbocycles. The lowest BCUT2D eigenvalue weighted by molar-refractivity contribution is -0.122. The zero-order valence-corrected chi connectivity index (χ0v) is 14.5. The SMILES string of the molecule is Cl.NCC(NC(=O)CCc1ccc(Cl)cc1)C1CCCCC1. The molecule has 1 aromatic rings. The lowest BCUT2D eigenvalue weighted by Gasteiger charge is -2.30. The molecule has 0 aromatic heterocycles. The lowest BCUT2D eigenvalue weighted by atomic mass is 9.84. The van der Waals surface area contributed by atoms with Crippen LogP contribution >= 0.6 is 24.0 Å². The van der Waals surface area contributed by atoms with Crippen molar-refractivity contribution in [2.75, 3.05) is 6.54 Å². The van der Waals surface area contributed by atoms with Gasteiger partial charge >= 0.3 is 0 Å². The number of rotatable bonds is 6. The summed E-state index contributed by atoms with van der Waals surface area (Å²) in [6.45, 7) is 0.539. The van der Waals surface area contributed by atoms with Crippen LogP contribution in [0, 0.1) is 5.92 Å². The standard InChI is InChI=1S/C17H25ClN2O.ClH/c18-15-9-6-13(7-10-15)8-11-17(21)20-16(12-19)14-4-2-1-3-5-14;/h6-7,9-10,14,16H,1-5,8,11-12,19H2,(H,20,21);1H. The van der Waals surface area contributed by atoms with Gasteiger partial charge in [0.1, 0.15) is 0 Å². The van der Waals surface area contributed by atoms with Crippen LogP contribution in [-0.4, -0.2) is 18.5 Å². The molecule has 5 heteroatoms. The second-order valence-corrected chi connectivity index (χ2v) is 6.37. The summed E-state index contributed by atoms with van der Waals surface area (Å²) in [5.74, 6) is 0.661. The highest BCUT2D eigenvalue weighted by molar-refractivity contribution is 6.30. The Bertz CT molecular complexity index is 444. The van der Waals surface area contributed by atoms with Gasteiger partial charge in [0, 0.05) is 24.0 Å². The zero-order chi connectivity index (χ0) is 15.1. The molecule has 0 spiro atoms. The molecule has 2 rings (SSSR count). The van der Waals surface area contributed by atoms with Crippen molar-refractivity contribution in [3.05, 3.63) is 34.9 Å². The smallest absolute Gasteiger partial charge is 0.220 e. The fourth-order valence-corrected chi connectivity index (χ4v) is 3.22. The topological polar surface area (TPSA) is 55.1 Å². The molecule has 1 aliphatic rings. The van der Waals surface area contributed by atoms with E-state index in [1.165, 1.54) is 32.1 Å². The summed E-state index contributed by atoms with van der Waals surface area (Å²) in [5.41, 5.74) is 6.98. The van der Waals surface area contributed by atoms with Gasteiger partial charge in [-0.15, -0.1) is 12.4 Å². The number of carbonyl (C=O) groups is 1. The second kappa shape index (κ2) is 10.1. The number of nitrogens with one attached hydrogen (secondary N) is 1. The molecule has 1 unspecified atom stereocenters. The Labute approximate surface area is 144 Å². The number of hydrogen-bond donors (Lipinski definition) is 2. The summed E-state index contributed by atoms with van der Waals surface area (Å²) < 4.78 is 0. The molecule has 0 saturated heterocycles. The molecule has 1 atom stereocenters. The zero-order valence-electron chi connectivity index (χ0n) is 12.9. The Morgan fingerprint density at radius 1 is 1.23 bits per heavy atom. The normalized spacial score (nSPS) is 16.6. The van der Waals surface area contributed by atoms with E-state index in [0.717, 1.165) is 17.0 Å². The molecule has 3 N–H and O–H groups in total. The number of nitrogens with two attached hydrogens (primary N) is 1. The minimum atomic E-state index is 0. The predicted molar refractivity (Wildman–Crippen MR) is 94.6 cm³/mol. The number of benzene rings is 1. The van der Waals surface area contributed by atoms with Crippen molar-refractivity contribution < 1.29 is 4.79 Å². The maximum Gasteiger partial charge on any atom is 0.220 e. The maximum atomic E-state index is 12.1. The number of amides is 1. The summed E-state index contributed by atoms with van der Waals surface area (Å²) in [7, 11) is 0. The van der Waals surface area contributed by atoms with Crippen LogP contribution in [-0.2, 0) is 11.2 Å². The summed E-state index contributed by atoms with van der Waals surface area (Å²) in [6.07, 6.45) is 7.48. The molecule has 0 bridgehead atoms. The molecule has 0 heterocycles. The number of hydrogen-bond acceptors (Lipinski definition) is 2. The first-order chi connectivity index (χ1) is 10.2. The van der Waals surface area contributed by atoms with E-state index >= 15 is 0 Å². The Balaban J connectivity index is 0.00000242. The quantitative estimate of drug-likeness (QED) is 0.826. The third-order valence-electron chi connectivity index (χ3n) is 4.37. The van der Waals surface area contributed by atoms with Crippen LogP contribution in [0.4, 0.5) is 0 Å². The van der Waals surface area contributed by atoms with Crippen LogP contribution in [0.2, 0.25) is 5.02 Å². The summed E-state index contributed by atoms with van der Waals surface area (Å²) >= 11 is 5.85. The highest BCUT2D eigenvalue weighted by Crippen LogP contribution is 2.26. The van der Waals surface area contributed by atoms with Crippen molar-refractivity contribution in [3.63, 3.8) is 0 Å². The minimum Gasteiger partial charge on any atom is -0.352 e. The van der Waals surface area contributed by atoms with E-state index in [0.29, 0.717) is 18.9 Å². The maximum absolute atomic E-state index is 12.1. The van der Waals surface area contributed by atoms with Crippen LogP contribution in [0.1, 0.15) is 44.1 Å². The monoisotopic (exact) mass is 344 g/mol. The van der Waals surface area contributed by atoms with Gasteiger partial charge in [-0.2, -0.15) is 0 Å². The molecule has 0 aliphatic heterocycles. The Morgan fingerprint density at radius 3 is 2.45 bits per heavy atom. The van der Waals surface area contributed by atoms with Crippen molar-refractivity contribution >= 4 is 29.9 Å². The second-order valence-electron chi connectivity index (χ2n) is 5.93. The van der Waals surface area contributed by atoms with Gasteiger partial charge in [-0.25, -0.2) is 0 Å². The van der Waals surface area contributed by atoms with E-state index in [4.69, 9.17) is 17.3 Å². The van der Waals surface area contributed by atoms with Gasteiger partial charge in [0.25, 0.3) is 0 Å². The Hall–Kier alpha value is -0.770. The number of halogens is 2. The highest BCUT2D eigenvalue weighted by atomic mass is 35.5. The molecule has 1 aromatic carbocycles. The first-order valence-electron chi connectivity index (χ1n) is 7.93. The molecule has 22 heavy (non-hydrogen) atoms. The van der Waals surface area contributed by atoms with Crippen molar-refractivity contribution in [2.24, 2.45) is 11.7 Å². The third kappa shape index (κ3) is 6.15. The van der Waals surface area contributed by atoms with Crippen molar-refractivity contribution in [2.45, 2.75) is 51.0 Å². The van der Waals surface area contributed by atoms with Crippen LogP contribution in [0.15, 0.2) is 24.3 Å². The van der Waals surface area contributed by atoms with Crippen molar-refractivity contribution in [1.29, 1.82) is 0 Å². The van der Waals surface area contributed by atoms with Crippen LogP contribution in [0.3, 0.4) is 0 Å². The van der Waals surface area contributed by atoms with Gasteiger partial charge in [0.2, 0.25) is 5.91 Å². The Morgan fingerprint density at radius 2 is 1.86 bits per heavy atom. The van der Waals surface area contributed by atoms with E-state index in [9.17, 15) is 4.79 Å². The lowest BCUT2D eigenvalue weighted by Crippen LogP contribution is -2.45. The molecular weight excluding hydrogens is 319 g/mol. The minimum absolute atomic E-state index is 0. The number of carbonyl (C=O) groups excluding carboxylic acids is 1. The van der Waals surface area contributed by atoms with Crippen molar-refractivity contribution in [3.8, 4) is 0 Å². The van der Waals surface area contributed by atoms with E-state index < -0.39 is 0 Å². The van der Waals surface area contributed by atoms with E-state index in [1.807, 2.05) is 24.3 Å². The van der Waals surface area contributed by atoms with Gasteiger partial charge in [-0.3, -0.25) is 4.79 Å². The fraction of sp³-hybridized carbons (Fsp3) is 0.588. The summed E-state index contributed by atoms with van der Waals surface area (Å²) in [5, 5.41) is 3.85. The van der Waals surface area contributed by atoms with Gasteiger partial charge in [0.15, 0.2) is 0 Å². The molecule has 1 fully saturated rings. The Kier molecular flexibility index (Phi) is 8.84. The van der Waals surface area contributed by atoms with Crippen molar-refractivity contribution in [1.82, 2.24) is 5.32 Å². The van der Waals surface area contributed by atoms with E-state index in [1.54, 1.807) is 0 Å². The van der Waals surface area contributed by atoms with Crippen LogP contribution in [0.25, 0.3) is 0 Å². The molecule has 124 valence electrons. The van der Waals surface area contributed by atoms with Gasteiger partial charge in [-0.05, 0) is 42.9 Å². The van der Waals surface area contributed by atoms with Crippen LogP contribution < -0.4 is 11.1 Å². The number of aryl methyl sites for hydroxylation is 1. The average molecular weight is 345 g/mol. The molecular formula is C17H26Cl2N2O. The molecule has 0 radical (unpaired) electrons. The van der Waals surface area contributed by atoms with Gasteiger partial charge < -0.3 is 11.1 Å². The molecule has 1 saturated carbocycles. The van der Waals surface area contributed by atoms with E-state index in [-0.39, 0.29) is 24.4 Å². The third-order valence-corrected chi connectivity index (χ3v) is 4.63. The highest BCUT2D eigenvalue weighted by Gasteiger charge is 2.23. The first-order valence-corrected chi connectivity index (χ1v) is 8.30. The van der Waals surface area contributed by atoms with Gasteiger partial charge in [0.05, 0.1) is 0 Å². The summed E-state index contributed by atoms with van der Waals surface area (Å²) in [4.78, 5) is 12.1. The van der Waals surface area contributed by atoms with Gasteiger partial charge in [-0.1, -0.05) is 43.0 Å². The molecule has 3 nitrogen and oxygen atoms in total. The fourth-order valence-electron chi connectivity index (χ4n) is 3.09. The van der Waals surface area contributed by atoms with Crippen LogP contribution in [0.5, 0.6) is 0 Å². The predicted octanol–water partition coefficient (Wildman–Crippen LogP) is 3.72. The largest absolute Gasteiger partial charge is 0.352 e. The molecule has 1 amide bonds. The van der Waals surface area contributed by atoms with E-state index in [2.05, 4.69) is 5.32 Å². The first kappa shape index (κ1) is 19.3. The summed E-state index contributed by atoms with van der Waals surface area (Å²) in [6, 6.07) is 7.80. The average Bonchev–Trinajstić information content (AvgIpc) is 2.53.